The van der Waals surface area contributed by atoms with Gasteiger partial charge in [-0.3, -0.25) is 4.79 Å². The van der Waals surface area contributed by atoms with Gasteiger partial charge in [-0.05, 0) is 55.8 Å². The Labute approximate surface area is 192 Å². The molecule has 172 valence electrons. The molecule has 2 heterocycles. The standard InChI is InChI=1S/C26H28N2O5/c1-15(6-10-22(29)28-18-8-7-17-11-12-27-21(17)13-18)5-9-19-24(31-3)16(2)20-14-33-26(30)23(20)25(19)32-4/h5,7-8,11-13,27H,6,9-10,14H2,1-4H3,(H,28,29)/b15-5+. The predicted molar refractivity (Wildman–Crippen MR) is 127 cm³/mol. The maximum Gasteiger partial charge on any atom is 0.342 e. The van der Waals surface area contributed by atoms with Gasteiger partial charge < -0.3 is 24.5 Å². The van der Waals surface area contributed by atoms with E-state index in [0.717, 1.165) is 38.9 Å². The molecule has 0 unspecified atom stereocenters. The maximum absolute atomic E-state index is 12.4. The van der Waals surface area contributed by atoms with Gasteiger partial charge in [0.25, 0.3) is 0 Å². The summed E-state index contributed by atoms with van der Waals surface area (Å²) >= 11 is 0. The van der Waals surface area contributed by atoms with Crippen LogP contribution in [0.3, 0.4) is 0 Å². The lowest BCUT2D eigenvalue weighted by Crippen LogP contribution is -2.11. The van der Waals surface area contributed by atoms with E-state index in [4.69, 9.17) is 14.2 Å². The molecule has 0 saturated carbocycles. The van der Waals surface area contributed by atoms with Crippen molar-refractivity contribution in [2.24, 2.45) is 0 Å². The Morgan fingerprint density at radius 2 is 1.97 bits per heavy atom. The Morgan fingerprint density at radius 1 is 1.18 bits per heavy atom. The summed E-state index contributed by atoms with van der Waals surface area (Å²) in [7, 11) is 3.16. The van der Waals surface area contributed by atoms with E-state index < -0.39 is 0 Å². The quantitative estimate of drug-likeness (QED) is 0.371. The van der Waals surface area contributed by atoms with Crippen LogP contribution in [0, 0.1) is 6.92 Å². The van der Waals surface area contributed by atoms with Crippen molar-refractivity contribution in [3.8, 4) is 11.5 Å². The number of carbonyl (C=O) groups excluding carboxylic acids is 2. The second kappa shape index (κ2) is 9.40. The number of hydrogen-bond donors (Lipinski definition) is 2. The van der Waals surface area contributed by atoms with E-state index >= 15 is 0 Å². The second-order valence-corrected chi connectivity index (χ2v) is 8.18. The van der Waals surface area contributed by atoms with Crippen LogP contribution in [0.25, 0.3) is 10.9 Å². The van der Waals surface area contributed by atoms with Crippen LogP contribution in [0.2, 0.25) is 0 Å². The van der Waals surface area contributed by atoms with E-state index in [1.165, 1.54) is 0 Å². The number of cyclic esters (lactones) is 1. The van der Waals surface area contributed by atoms with Gasteiger partial charge in [0, 0.05) is 34.9 Å². The fourth-order valence-corrected chi connectivity index (χ4v) is 4.27. The molecule has 3 aromatic rings. The summed E-state index contributed by atoms with van der Waals surface area (Å²) in [5.41, 5.74) is 5.81. The van der Waals surface area contributed by atoms with E-state index in [2.05, 4.69) is 10.3 Å². The van der Waals surface area contributed by atoms with E-state index in [0.29, 0.717) is 36.3 Å². The Morgan fingerprint density at radius 3 is 2.73 bits per heavy atom. The number of esters is 1. The summed E-state index contributed by atoms with van der Waals surface area (Å²) in [4.78, 5) is 27.8. The zero-order chi connectivity index (χ0) is 23.5. The molecule has 0 bridgehead atoms. The Balaban J connectivity index is 1.44. The molecule has 0 atom stereocenters. The Bertz CT molecular complexity index is 1260. The smallest absolute Gasteiger partial charge is 0.342 e. The lowest BCUT2D eigenvalue weighted by atomic mass is 9.94. The van der Waals surface area contributed by atoms with Crippen molar-refractivity contribution in [1.29, 1.82) is 0 Å². The minimum Gasteiger partial charge on any atom is -0.496 e. The van der Waals surface area contributed by atoms with Gasteiger partial charge in [-0.25, -0.2) is 4.79 Å². The molecule has 0 radical (unpaired) electrons. The number of anilines is 1. The number of aromatic nitrogens is 1. The number of methoxy groups -OCH3 is 2. The SMILES string of the molecule is COc1c(C)c2c(c(OC)c1C/C=C(\C)CCC(=O)Nc1ccc3cc[nH]c3c1)C(=O)OC2. The molecule has 7 nitrogen and oxygen atoms in total. The minimum absolute atomic E-state index is 0.0417. The molecule has 1 aliphatic rings. The molecule has 2 aromatic carbocycles. The molecular formula is C26H28N2O5. The van der Waals surface area contributed by atoms with Gasteiger partial charge in [0.1, 0.15) is 23.7 Å². The van der Waals surface area contributed by atoms with Crippen molar-refractivity contribution < 1.29 is 23.8 Å². The van der Waals surface area contributed by atoms with E-state index in [-0.39, 0.29) is 18.5 Å². The maximum atomic E-state index is 12.4. The van der Waals surface area contributed by atoms with Crippen molar-refractivity contribution in [3.63, 3.8) is 0 Å². The zero-order valence-corrected chi connectivity index (χ0v) is 19.3. The fraction of sp³-hybridized carbons (Fsp3) is 0.308. The van der Waals surface area contributed by atoms with Gasteiger partial charge in [-0.2, -0.15) is 0 Å². The lowest BCUT2D eigenvalue weighted by Gasteiger charge is -2.18. The summed E-state index contributed by atoms with van der Waals surface area (Å²) in [6.45, 7) is 4.15. The number of nitrogens with one attached hydrogen (secondary N) is 2. The number of benzene rings is 2. The van der Waals surface area contributed by atoms with Crippen molar-refractivity contribution in [2.45, 2.75) is 39.7 Å². The van der Waals surface area contributed by atoms with Crippen LogP contribution in [-0.2, 0) is 22.6 Å². The molecule has 1 aliphatic heterocycles. The number of amides is 1. The van der Waals surface area contributed by atoms with Crippen LogP contribution in [0.15, 0.2) is 42.1 Å². The topological polar surface area (TPSA) is 89.7 Å². The fourth-order valence-electron chi connectivity index (χ4n) is 4.27. The lowest BCUT2D eigenvalue weighted by molar-refractivity contribution is -0.116. The van der Waals surface area contributed by atoms with Crippen LogP contribution < -0.4 is 14.8 Å². The highest BCUT2D eigenvalue weighted by Crippen LogP contribution is 2.42. The van der Waals surface area contributed by atoms with Crippen molar-refractivity contribution in [2.75, 3.05) is 19.5 Å². The molecule has 2 N–H and O–H groups in total. The monoisotopic (exact) mass is 448 g/mol. The summed E-state index contributed by atoms with van der Waals surface area (Å²) < 4.78 is 16.5. The van der Waals surface area contributed by atoms with Crippen LogP contribution in [0.1, 0.15) is 46.8 Å². The molecular weight excluding hydrogens is 420 g/mol. The molecule has 0 spiro atoms. The summed E-state index contributed by atoms with van der Waals surface area (Å²) in [5, 5.41) is 4.06. The van der Waals surface area contributed by atoms with E-state index in [9.17, 15) is 9.59 Å². The summed E-state index contributed by atoms with van der Waals surface area (Å²) in [5.74, 6) is 0.783. The number of carbonyl (C=O) groups is 2. The third kappa shape index (κ3) is 4.44. The average Bonchev–Trinajstić information content (AvgIpc) is 3.43. The van der Waals surface area contributed by atoms with Gasteiger partial charge in [0.2, 0.25) is 5.91 Å². The average molecular weight is 449 g/mol. The number of allylic oxidation sites excluding steroid dienone is 2. The van der Waals surface area contributed by atoms with Gasteiger partial charge in [-0.15, -0.1) is 0 Å². The van der Waals surface area contributed by atoms with E-state index in [1.54, 1.807) is 14.2 Å². The molecule has 4 rings (SSSR count). The van der Waals surface area contributed by atoms with Crippen molar-refractivity contribution in [3.05, 3.63) is 64.4 Å². The number of ether oxygens (including phenoxy) is 3. The van der Waals surface area contributed by atoms with Gasteiger partial charge in [0.05, 0.1) is 14.2 Å². The van der Waals surface area contributed by atoms with Crippen LogP contribution in [0.5, 0.6) is 11.5 Å². The molecule has 1 amide bonds. The first-order valence-electron chi connectivity index (χ1n) is 10.9. The Kier molecular flexibility index (Phi) is 6.40. The molecule has 7 heteroatoms. The molecule has 33 heavy (non-hydrogen) atoms. The van der Waals surface area contributed by atoms with Gasteiger partial charge in [-0.1, -0.05) is 17.7 Å². The van der Waals surface area contributed by atoms with Crippen LogP contribution in [0.4, 0.5) is 5.69 Å². The minimum atomic E-state index is -0.372. The molecule has 0 fully saturated rings. The first kappa shape index (κ1) is 22.5. The zero-order valence-electron chi connectivity index (χ0n) is 19.3. The normalized spacial score (nSPS) is 13.1. The first-order valence-corrected chi connectivity index (χ1v) is 10.9. The number of rotatable bonds is 8. The van der Waals surface area contributed by atoms with E-state index in [1.807, 2.05) is 50.4 Å². The predicted octanol–water partition coefficient (Wildman–Crippen LogP) is 5.07. The first-order chi connectivity index (χ1) is 15.9. The van der Waals surface area contributed by atoms with Crippen LogP contribution in [-0.4, -0.2) is 31.1 Å². The number of aromatic amines is 1. The summed E-state index contributed by atoms with van der Waals surface area (Å²) in [6, 6.07) is 7.79. The summed E-state index contributed by atoms with van der Waals surface area (Å²) in [6.07, 6.45) is 5.43. The molecule has 0 aliphatic carbocycles. The van der Waals surface area contributed by atoms with Crippen LogP contribution >= 0.6 is 0 Å². The number of fused-ring (bicyclic) bond motifs is 2. The largest absolute Gasteiger partial charge is 0.496 e. The Hall–Kier alpha value is -3.74. The molecule has 0 saturated heterocycles. The highest BCUT2D eigenvalue weighted by Gasteiger charge is 2.32. The van der Waals surface area contributed by atoms with Crippen molar-refractivity contribution in [1.82, 2.24) is 4.98 Å². The third-order valence-electron chi connectivity index (χ3n) is 6.07. The van der Waals surface area contributed by atoms with Crippen molar-refractivity contribution >= 4 is 28.5 Å². The highest BCUT2D eigenvalue weighted by molar-refractivity contribution is 5.98. The number of hydrogen-bond acceptors (Lipinski definition) is 5. The molecule has 1 aromatic heterocycles. The highest BCUT2D eigenvalue weighted by atomic mass is 16.5. The van der Waals surface area contributed by atoms with Gasteiger partial charge >= 0.3 is 5.97 Å². The van der Waals surface area contributed by atoms with Gasteiger partial charge in [0.15, 0.2) is 0 Å². The number of H-pyrrole nitrogens is 1. The second-order valence-electron chi connectivity index (χ2n) is 8.18. The third-order valence-corrected chi connectivity index (χ3v) is 6.07.